The molecule has 8 heteroatoms. The first-order valence-electron chi connectivity index (χ1n) is 17.5. The summed E-state index contributed by atoms with van der Waals surface area (Å²) in [5.74, 6) is 0.734. The first-order chi connectivity index (χ1) is 22.4. The molecule has 0 aliphatic heterocycles. The van der Waals surface area contributed by atoms with Crippen LogP contribution < -0.4 is 4.74 Å². The van der Waals surface area contributed by atoms with E-state index in [1.165, 1.54) is 0 Å². The molecular formula is C39H52BrO6P. The molecule has 0 spiro atoms. The lowest BCUT2D eigenvalue weighted by Gasteiger charge is -2.43. The van der Waals surface area contributed by atoms with Gasteiger partial charge in [-0.1, -0.05) is 119 Å². The van der Waals surface area contributed by atoms with Crippen molar-refractivity contribution < 1.29 is 27.9 Å². The van der Waals surface area contributed by atoms with E-state index >= 15 is 4.57 Å². The van der Waals surface area contributed by atoms with Gasteiger partial charge in [-0.15, -0.1) is 0 Å². The summed E-state index contributed by atoms with van der Waals surface area (Å²) >= 11 is 3.53. The molecule has 0 saturated heterocycles. The van der Waals surface area contributed by atoms with Crippen LogP contribution >= 0.6 is 23.5 Å². The molecule has 2 fully saturated rings. The van der Waals surface area contributed by atoms with Gasteiger partial charge in [-0.05, 0) is 84.8 Å². The summed E-state index contributed by atoms with van der Waals surface area (Å²) in [7, 11) is -4.11. The largest absolute Gasteiger partial charge is 0.481 e. The van der Waals surface area contributed by atoms with Gasteiger partial charge in [0, 0.05) is 15.4 Å². The quantitative estimate of drug-likeness (QED) is 0.137. The molecule has 8 atom stereocenters. The summed E-state index contributed by atoms with van der Waals surface area (Å²) in [5, 5.41) is 1.92. The van der Waals surface area contributed by atoms with Gasteiger partial charge in [-0.3, -0.25) is 4.57 Å². The van der Waals surface area contributed by atoms with E-state index in [1.807, 2.05) is 66.7 Å². The van der Waals surface area contributed by atoms with Gasteiger partial charge in [-0.25, -0.2) is 4.79 Å². The highest BCUT2D eigenvalue weighted by atomic mass is 79.9. The average molecular weight is 728 g/mol. The SMILES string of the molecule is CC(C)[C@H]1CC[C@@H](C)C[C@H]1OP(=O)(O[C@@H]1C[C@H](C)CC[C@H]1C(C)C)[C@H](OC(=O)COc1cccc2ccccc12)c1ccc(Br)cc1. The third-order valence-corrected chi connectivity index (χ3v) is 12.9. The predicted octanol–water partition coefficient (Wildman–Crippen LogP) is 11.4. The number of hydrogen-bond donors (Lipinski definition) is 0. The zero-order valence-corrected chi connectivity index (χ0v) is 31.3. The number of halogens is 1. The van der Waals surface area contributed by atoms with Crippen LogP contribution in [0.25, 0.3) is 10.8 Å². The number of carbonyl (C=O) groups excluding carboxylic acids is 1. The van der Waals surface area contributed by atoms with Gasteiger partial charge in [0.2, 0.25) is 5.85 Å². The third kappa shape index (κ3) is 9.09. The second kappa shape index (κ2) is 16.0. The molecule has 47 heavy (non-hydrogen) atoms. The van der Waals surface area contributed by atoms with Crippen LogP contribution in [0.4, 0.5) is 0 Å². The molecule has 256 valence electrons. The molecule has 2 aliphatic rings. The molecule has 0 N–H and O–H groups in total. The van der Waals surface area contributed by atoms with E-state index < -0.39 is 19.4 Å². The third-order valence-electron chi connectivity index (χ3n) is 10.3. The Morgan fingerprint density at radius 2 is 1.34 bits per heavy atom. The Morgan fingerprint density at radius 3 is 1.91 bits per heavy atom. The van der Waals surface area contributed by atoms with E-state index in [9.17, 15) is 4.79 Å². The van der Waals surface area contributed by atoms with Crippen molar-refractivity contribution in [3.63, 3.8) is 0 Å². The van der Waals surface area contributed by atoms with Crippen LogP contribution in [0.15, 0.2) is 71.2 Å². The van der Waals surface area contributed by atoms with E-state index in [4.69, 9.17) is 18.5 Å². The minimum Gasteiger partial charge on any atom is -0.481 e. The molecule has 0 bridgehead atoms. The molecule has 0 aromatic heterocycles. The topological polar surface area (TPSA) is 71.1 Å². The zero-order chi connectivity index (χ0) is 33.7. The normalized spacial score (nSPS) is 27.0. The van der Waals surface area contributed by atoms with Gasteiger partial charge in [0.1, 0.15) is 5.75 Å². The van der Waals surface area contributed by atoms with Crippen molar-refractivity contribution >= 4 is 40.3 Å². The molecule has 6 nitrogen and oxygen atoms in total. The van der Waals surface area contributed by atoms with E-state index in [0.717, 1.165) is 53.8 Å². The second-order valence-corrected chi connectivity index (χ2v) is 17.5. The number of esters is 1. The van der Waals surface area contributed by atoms with Crippen molar-refractivity contribution in [3.8, 4) is 5.75 Å². The lowest BCUT2D eigenvalue weighted by molar-refractivity contribution is -0.149. The summed E-state index contributed by atoms with van der Waals surface area (Å²) < 4.78 is 42.5. The molecule has 5 rings (SSSR count). The molecule has 1 unspecified atom stereocenters. The Kier molecular flexibility index (Phi) is 12.3. The number of rotatable bonds is 12. The van der Waals surface area contributed by atoms with Gasteiger partial charge < -0.3 is 18.5 Å². The van der Waals surface area contributed by atoms with Crippen molar-refractivity contribution in [1.29, 1.82) is 0 Å². The van der Waals surface area contributed by atoms with Gasteiger partial charge in [-0.2, -0.15) is 0 Å². The highest BCUT2D eigenvalue weighted by molar-refractivity contribution is 9.10. The average Bonchev–Trinajstić information content (AvgIpc) is 3.03. The maximum Gasteiger partial charge on any atom is 0.376 e. The van der Waals surface area contributed by atoms with E-state index in [1.54, 1.807) is 0 Å². The zero-order valence-electron chi connectivity index (χ0n) is 28.8. The van der Waals surface area contributed by atoms with E-state index in [-0.39, 0.29) is 30.7 Å². The van der Waals surface area contributed by atoms with Crippen molar-refractivity contribution in [2.45, 2.75) is 98.1 Å². The molecule has 0 radical (unpaired) electrons. The fraction of sp³-hybridized carbons (Fsp3) is 0.564. The maximum absolute atomic E-state index is 15.7. The Labute approximate surface area is 289 Å². The molecule has 2 aliphatic carbocycles. The summed E-state index contributed by atoms with van der Waals surface area (Å²) in [6, 6.07) is 21.0. The molecule has 0 amide bonds. The van der Waals surface area contributed by atoms with Crippen molar-refractivity contribution in [2.24, 2.45) is 35.5 Å². The molecule has 0 heterocycles. The minimum absolute atomic E-state index is 0.227. The van der Waals surface area contributed by atoms with Crippen LogP contribution in [-0.4, -0.2) is 24.8 Å². The number of fused-ring (bicyclic) bond motifs is 1. The minimum atomic E-state index is -4.11. The fourth-order valence-corrected chi connectivity index (χ4v) is 10.1. The Bertz CT molecular complexity index is 1480. The molecule has 3 aromatic carbocycles. The van der Waals surface area contributed by atoms with Crippen molar-refractivity contribution in [2.75, 3.05) is 6.61 Å². The van der Waals surface area contributed by atoms with Crippen LogP contribution in [0, 0.1) is 35.5 Å². The summed E-state index contributed by atoms with van der Waals surface area (Å²) in [6.45, 7) is 12.9. The lowest BCUT2D eigenvalue weighted by Crippen LogP contribution is -2.37. The molecule has 3 aromatic rings. The fourth-order valence-electron chi connectivity index (χ4n) is 7.54. The van der Waals surface area contributed by atoms with Crippen molar-refractivity contribution in [1.82, 2.24) is 0 Å². The van der Waals surface area contributed by atoms with Crippen LogP contribution in [0.1, 0.15) is 91.5 Å². The number of benzene rings is 3. The number of hydrogen-bond acceptors (Lipinski definition) is 6. The second-order valence-electron chi connectivity index (χ2n) is 14.6. The Morgan fingerprint density at radius 1 is 0.787 bits per heavy atom. The lowest BCUT2D eigenvalue weighted by atomic mass is 9.75. The van der Waals surface area contributed by atoms with E-state index in [2.05, 4.69) is 57.5 Å². The molecule has 2 saturated carbocycles. The van der Waals surface area contributed by atoms with Crippen LogP contribution in [0.2, 0.25) is 0 Å². The number of ether oxygens (including phenoxy) is 2. The Balaban J connectivity index is 1.50. The predicted molar refractivity (Wildman–Crippen MR) is 192 cm³/mol. The first-order valence-corrected chi connectivity index (χ1v) is 19.9. The van der Waals surface area contributed by atoms with Gasteiger partial charge in [0.05, 0.1) is 12.2 Å². The van der Waals surface area contributed by atoms with Crippen LogP contribution in [0.3, 0.4) is 0 Å². The van der Waals surface area contributed by atoms with E-state index in [0.29, 0.717) is 35.0 Å². The summed E-state index contributed by atoms with van der Waals surface area (Å²) in [5.41, 5.74) is 0.574. The highest BCUT2D eigenvalue weighted by Crippen LogP contribution is 2.66. The first kappa shape index (κ1) is 36.1. The monoisotopic (exact) mass is 726 g/mol. The van der Waals surface area contributed by atoms with Crippen LogP contribution in [-0.2, 0) is 23.1 Å². The summed E-state index contributed by atoms with van der Waals surface area (Å²) in [4.78, 5) is 13.7. The van der Waals surface area contributed by atoms with Crippen molar-refractivity contribution in [3.05, 3.63) is 76.8 Å². The summed E-state index contributed by atoms with van der Waals surface area (Å²) in [6.07, 6.45) is 5.26. The molecular weight excluding hydrogens is 675 g/mol. The van der Waals surface area contributed by atoms with Gasteiger partial charge in [0.25, 0.3) is 0 Å². The highest BCUT2D eigenvalue weighted by Gasteiger charge is 2.49. The van der Waals surface area contributed by atoms with Crippen LogP contribution in [0.5, 0.6) is 5.75 Å². The Hall–Kier alpha value is -2.18. The maximum atomic E-state index is 15.7. The smallest absolute Gasteiger partial charge is 0.376 e. The number of carbonyl (C=O) groups is 1. The van der Waals surface area contributed by atoms with Gasteiger partial charge in [0.15, 0.2) is 6.61 Å². The van der Waals surface area contributed by atoms with Gasteiger partial charge >= 0.3 is 13.6 Å². The standard InChI is InChI=1S/C39H52BrO6P/c1-25(2)32-20-14-27(5)22-36(32)45-47(42,46-37-23-28(6)15-21-33(37)26(3)4)39(30-16-18-31(40)19-17-30)44-38(41)24-43-35-13-9-11-29-10-7-8-12-34(29)35/h7-13,16-19,25-28,32-33,36-37,39H,14-15,20-24H2,1-6H3/t27-,28-,32-,33+,36-,37-,39+,47?/m1/s1.